The summed E-state index contributed by atoms with van der Waals surface area (Å²) < 4.78 is 2.10. The second kappa shape index (κ2) is 4.49. The van der Waals surface area contributed by atoms with Gasteiger partial charge in [-0.15, -0.1) is 0 Å². The van der Waals surface area contributed by atoms with Crippen molar-refractivity contribution >= 4 is 5.91 Å². The van der Waals surface area contributed by atoms with Gasteiger partial charge in [-0.05, 0) is 12.8 Å². The van der Waals surface area contributed by atoms with Crippen LogP contribution in [0.1, 0.15) is 19.3 Å². The number of amides is 1. The van der Waals surface area contributed by atoms with E-state index in [9.17, 15) is 4.79 Å². The molecular formula is C12H18N4O. The fourth-order valence-electron chi connectivity index (χ4n) is 2.99. The number of hydrogen-bond acceptors (Lipinski definition) is 3. The standard InChI is InChI=1S/C12H18N4O/c17-12-7-10-1-2-11(8-14-12)16(10)6-5-15-4-3-13-9-15/h3-4,9-11H,1-2,5-8H2,(H,14,17). The van der Waals surface area contributed by atoms with Crippen molar-refractivity contribution < 1.29 is 4.79 Å². The quantitative estimate of drug-likeness (QED) is 0.815. The predicted molar refractivity (Wildman–Crippen MR) is 63.4 cm³/mol. The zero-order chi connectivity index (χ0) is 11.7. The van der Waals surface area contributed by atoms with Crippen LogP contribution in [0.2, 0.25) is 0 Å². The summed E-state index contributed by atoms with van der Waals surface area (Å²) in [5, 5.41) is 3.00. The summed E-state index contributed by atoms with van der Waals surface area (Å²) in [4.78, 5) is 18.0. The van der Waals surface area contributed by atoms with Crippen LogP contribution in [0.25, 0.3) is 0 Å². The first-order valence-electron chi connectivity index (χ1n) is 6.31. The summed E-state index contributed by atoms with van der Waals surface area (Å²) in [6.45, 7) is 2.79. The molecule has 2 saturated heterocycles. The highest BCUT2D eigenvalue weighted by molar-refractivity contribution is 5.77. The molecule has 1 amide bonds. The van der Waals surface area contributed by atoms with Gasteiger partial charge in [0.1, 0.15) is 0 Å². The second-order valence-electron chi connectivity index (χ2n) is 4.93. The van der Waals surface area contributed by atoms with E-state index >= 15 is 0 Å². The van der Waals surface area contributed by atoms with Gasteiger partial charge in [-0.2, -0.15) is 0 Å². The maximum atomic E-state index is 11.5. The van der Waals surface area contributed by atoms with Gasteiger partial charge in [-0.25, -0.2) is 4.98 Å². The minimum atomic E-state index is 0.213. The van der Waals surface area contributed by atoms with Gasteiger partial charge in [0, 0.05) is 50.5 Å². The molecular weight excluding hydrogens is 216 g/mol. The van der Waals surface area contributed by atoms with Gasteiger partial charge >= 0.3 is 0 Å². The number of nitrogens with one attached hydrogen (secondary N) is 1. The van der Waals surface area contributed by atoms with Crippen molar-refractivity contribution in [1.29, 1.82) is 0 Å². The zero-order valence-corrected chi connectivity index (χ0v) is 9.88. The molecule has 0 aliphatic carbocycles. The summed E-state index contributed by atoms with van der Waals surface area (Å²) in [5.74, 6) is 0.213. The van der Waals surface area contributed by atoms with Gasteiger partial charge in [-0.3, -0.25) is 9.69 Å². The Kier molecular flexibility index (Phi) is 2.84. The highest BCUT2D eigenvalue weighted by atomic mass is 16.1. The topological polar surface area (TPSA) is 50.2 Å². The third-order valence-corrected chi connectivity index (χ3v) is 3.90. The SMILES string of the molecule is O=C1CC2CCC(CN1)N2CCn1ccnc1. The highest BCUT2D eigenvalue weighted by Gasteiger charge is 2.36. The third-order valence-electron chi connectivity index (χ3n) is 3.90. The molecule has 1 N–H and O–H groups in total. The summed E-state index contributed by atoms with van der Waals surface area (Å²) >= 11 is 0. The maximum Gasteiger partial charge on any atom is 0.221 e. The van der Waals surface area contributed by atoms with Crippen molar-refractivity contribution in [2.45, 2.75) is 37.9 Å². The molecule has 2 atom stereocenters. The van der Waals surface area contributed by atoms with Crippen LogP contribution in [0.5, 0.6) is 0 Å². The Morgan fingerprint density at radius 1 is 1.35 bits per heavy atom. The molecule has 2 unspecified atom stereocenters. The molecule has 3 rings (SSSR count). The van der Waals surface area contributed by atoms with Crippen molar-refractivity contribution in [2.24, 2.45) is 0 Å². The summed E-state index contributed by atoms with van der Waals surface area (Å²) in [6.07, 6.45) is 8.70. The predicted octanol–water partition coefficient (Wildman–Crippen LogP) is 0.236. The Bertz CT molecular complexity index is 389. The van der Waals surface area contributed by atoms with Gasteiger partial charge < -0.3 is 9.88 Å². The number of carbonyl (C=O) groups excluding carboxylic acids is 1. The van der Waals surface area contributed by atoms with E-state index in [2.05, 4.69) is 19.8 Å². The maximum absolute atomic E-state index is 11.5. The molecule has 0 spiro atoms. The molecule has 2 aliphatic heterocycles. The molecule has 92 valence electrons. The Balaban J connectivity index is 1.64. The van der Waals surface area contributed by atoms with Crippen LogP contribution in [0.4, 0.5) is 0 Å². The van der Waals surface area contributed by atoms with Crippen molar-refractivity contribution in [1.82, 2.24) is 19.8 Å². The Morgan fingerprint density at radius 2 is 2.24 bits per heavy atom. The van der Waals surface area contributed by atoms with Crippen molar-refractivity contribution in [3.63, 3.8) is 0 Å². The summed E-state index contributed by atoms with van der Waals surface area (Å²) in [5.41, 5.74) is 0. The van der Waals surface area contributed by atoms with Crippen molar-refractivity contribution in [3.8, 4) is 0 Å². The van der Waals surface area contributed by atoms with Gasteiger partial charge in [0.05, 0.1) is 6.33 Å². The van der Waals surface area contributed by atoms with E-state index in [1.165, 1.54) is 12.8 Å². The van der Waals surface area contributed by atoms with E-state index in [4.69, 9.17) is 0 Å². The minimum absolute atomic E-state index is 0.213. The van der Waals surface area contributed by atoms with Crippen LogP contribution >= 0.6 is 0 Å². The first-order valence-corrected chi connectivity index (χ1v) is 6.31. The molecule has 5 heteroatoms. The molecule has 3 heterocycles. The van der Waals surface area contributed by atoms with Gasteiger partial charge in [0.25, 0.3) is 0 Å². The van der Waals surface area contributed by atoms with E-state index in [1.54, 1.807) is 0 Å². The zero-order valence-electron chi connectivity index (χ0n) is 9.88. The molecule has 2 aliphatic rings. The first-order chi connectivity index (χ1) is 8.33. The molecule has 5 nitrogen and oxygen atoms in total. The number of nitrogens with zero attached hydrogens (tertiary/aromatic N) is 3. The molecule has 1 aromatic rings. The lowest BCUT2D eigenvalue weighted by atomic mass is 10.1. The summed E-state index contributed by atoms with van der Waals surface area (Å²) in [7, 11) is 0. The van der Waals surface area contributed by atoms with Crippen LogP contribution in [0, 0.1) is 0 Å². The average molecular weight is 234 g/mol. The Hall–Kier alpha value is -1.36. The van der Waals surface area contributed by atoms with E-state index in [0.717, 1.165) is 19.6 Å². The molecule has 0 aromatic carbocycles. The fraction of sp³-hybridized carbons (Fsp3) is 0.667. The molecule has 2 bridgehead atoms. The number of imidazole rings is 1. The highest BCUT2D eigenvalue weighted by Crippen LogP contribution is 2.27. The molecule has 1 aromatic heterocycles. The molecule has 0 saturated carbocycles. The normalized spacial score (nSPS) is 29.1. The largest absolute Gasteiger partial charge is 0.354 e. The van der Waals surface area contributed by atoms with E-state index in [1.807, 2.05) is 18.7 Å². The Morgan fingerprint density at radius 3 is 3.06 bits per heavy atom. The van der Waals surface area contributed by atoms with E-state index in [-0.39, 0.29) is 5.91 Å². The van der Waals surface area contributed by atoms with Crippen LogP contribution < -0.4 is 5.32 Å². The third kappa shape index (κ3) is 2.20. The first kappa shape index (κ1) is 10.8. The van der Waals surface area contributed by atoms with Crippen LogP contribution in [-0.4, -0.2) is 45.5 Å². The molecule has 2 fully saturated rings. The fourth-order valence-corrected chi connectivity index (χ4v) is 2.99. The second-order valence-corrected chi connectivity index (χ2v) is 4.93. The lowest BCUT2D eigenvalue weighted by Crippen LogP contribution is -2.39. The van der Waals surface area contributed by atoms with E-state index in [0.29, 0.717) is 18.5 Å². The van der Waals surface area contributed by atoms with Crippen molar-refractivity contribution in [3.05, 3.63) is 18.7 Å². The van der Waals surface area contributed by atoms with Crippen LogP contribution in [0.3, 0.4) is 0 Å². The average Bonchev–Trinajstić information content (AvgIpc) is 2.89. The van der Waals surface area contributed by atoms with Gasteiger partial charge in [0.15, 0.2) is 0 Å². The van der Waals surface area contributed by atoms with Crippen molar-refractivity contribution in [2.75, 3.05) is 13.1 Å². The lowest BCUT2D eigenvalue weighted by Gasteiger charge is -2.26. The smallest absolute Gasteiger partial charge is 0.221 e. The van der Waals surface area contributed by atoms with E-state index < -0.39 is 0 Å². The molecule has 0 radical (unpaired) electrons. The van der Waals surface area contributed by atoms with Gasteiger partial charge in [-0.1, -0.05) is 0 Å². The Labute approximate surface area is 101 Å². The number of fused-ring (bicyclic) bond motifs is 2. The number of rotatable bonds is 3. The summed E-state index contributed by atoms with van der Waals surface area (Å²) in [6, 6.07) is 0.987. The van der Waals surface area contributed by atoms with Gasteiger partial charge in [0.2, 0.25) is 5.91 Å². The number of carbonyl (C=O) groups is 1. The monoisotopic (exact) mass is 234 g/mol. The van der Waals surface area contributed by atoms with Crippen LogP contribution in [-0.2, 0) is 11.3 Å². The molecule has 17 heavy (non-hydrogen) atoms. The van der Waals surface area contributed by atoms with Crippen LogP contribution in [0.15, 0.2) is 18.7 Å². The minimum Gasteiger partial charge on any atom is -0.354 e. The lowest BCUT2D eigenvalue weighted by molar-refractivity contribution is -0.121. The number of aromatic nitrogens is 2. The number of hydrogen-bond donors (Lipinski definition) is 1.